The molecule has 0 atom stereocenters. The predicted molar refractivity (Wildman–Crippen MR) is 59.5 cm³/mol. The minimum atomic E-state index is -0.260. The van der Waals surface area contributed by atoms with Gasteiger partial charge in [0.15, 0.2) is 0 Å². The Hall–Kier alpha value is -1.10. The highest BCUT2D eigenvalue weighted by Crippen LogP contribution is 1.98. The summed E-state index contributed by atoms with van der Waals surface area (Å²) in [5.74, 6) is -0.240. The highest BCUT2D eigenvalue weighted by Gasteiger charge is 2.16. The molecule has 2 N–H and O–H groups in total. The van der Waals surface area contributed by atoms with Crippen molar-refractivity contribution in [3.63, 3.8) is 0 Å². The first-order valence-corrected chi connectivity index (χ1v) is 4.96. The van der Waals surface area contributed by atoms with Crippen molar-refractivity contribution in [1.29, 1.82) is 0 Å². The maximum Gasteiger partial charge on any atom is 0.240 e. The molecule has 0 rings (SSSR count). The van der Waals surface area contributed by atoms with E-state index in [-0.39, 0.29) is 30.4 Å². The second kappa shape index (κ2) is 5.70. The summed E-state index contributed by atoms with van der Waals surface area (Å²) >= 11 is 0. The van der Waals surface area contributed by atoms with Crippen molar-refractivity contribution in [1.82, 2.24) is 15.5 Å². The first kappa shape index (κ1) is 13.9. The summed E-state index contributed by atoms with van der Waals surface area (Å²) in [5.41, 5.74) is -0.260. The minimum Gasteiger partial charge on any atom is -0.350 e. The van der Waals surface area contributed by atoms with Gasteiger partial charge < -0.3 is 15.5 Å². The van der Waals surface area contributed by atoms with E-state index in [9.17, 15) is 9.59 Å². The van der Waals surface area contributed by atoms with Crippen molar-refractivity contribution in [2.45, 2.75) is 26.3 Å². The van der Waals surface area contributed by atoms with Crippen LogP contribution in [0, 0.1) is 0 Å². The highest BCUT2D eigenvalue weighted by atomic mass is 16.2. The van der Waals surface area contributed by atoms with Crippen LogP contribution in [0.25, 0.3) is 0 Å². The lowest BCUT2D eigenvalue weighted by atomic mass is 10.1. The maximum absolute atomic E-state index is 11.5. The van der Waals surface area contributed by atoms with E-state index in [0.717, 1.165) is 0 Å². The molecule has 5 heteroatoms. The summed E-state index contributed by atoms with van der Waals surface area (Å²) in [7, 11) is 3.31. The summed E-state index contributed by atoms with van der Waals surface area (Å²) in [6.07, 6.45) is 0. The minimum absolute atomic E-state index is 0.0950. The van der Waals surface area contributed by atoms with E-state index in [1.807, 2.05) is 20.8 Å². The molecule has 0 heterocycles. The Kier molecular flexibility index (Phi) is 5.28. The van der Waals surface area contributed by atoms with E-state index in [0.29, 0.717) is 0 Å². The van der Waals surface area contributed by atoms with Gasteiger partial charge in [0, 0.05) is 12.6 Å². The van der Waals surface area contributed by atoms with Crippen LogP contribution >= 0.6 is 0 Å². The van der Waals surface area contributed by atoms with E-state index in [4.69, 9.17) is 0 Å². The summed E-state index contributed by atoms with van der Waals surface area (Å²) in [5, 5.41) is 5.54. The quantitative estimate of drug-likeness (QED) is 0.669. The topological polar surface area (TPSA) is 61.4 Å². The molecule has 0 radical (unpaired) electrons. The number of rotatable bonds is 4. The van der Waals surface area contributed by atoms with Crippen LogP contribution in [0.15, 0.2) is 0 Å². The fourth-order valence-corrected chi connectivity index (χ4v) is 1.05. The Balaban J connectivity index is 4.02. The third kappa shape index (κ3) is 6.90. The first-order chi connectivity index (χ1) is 6.76. The van der Waals surface area contributed by atoms with E-state index in [1.165, 1.54) is 4.90 Å². The Labute approximate surface area is 91.2 Å². The third-order valence-electron chi connectivity index (χ3n) is 1.65. The lowest BCUT2D eigenvalue weighted by Crippen LogP contribution is -2.47. The molecule has 0 saturated heterocycles. The largest absolute Gasteiger partial charge is 0.350 e. The van der Waals surface area contributed by atoms with E-state index < -0.39 is 0 Å². The molecule has 0 aliphatic heterocycles. The van der Waals surface area contributed by atoms with Crippen LogP contribution in [-0.2, 0) is 9.59 Å². The van der Waals surface area contributed by atoms with Gasteiger partial charge in [0.2, 0.25) is 11.8 Å². The number of nitrogens with one attached hydrogen (secondary N) is 2. The summed E-state index contributed by atoms with van der Waals surface area (Å²) in [6.45, 7) is 6.05. The molecule has 0 unspecified atom stereocenters. The van der Waals surface area contributed by atoms with Gasteiger partial charge in [0.25, 0.3) is 0 Å². The molecular weight excluding hydrogens is 194 g/mol. The van der Waals surface area contributed by atoms with Crippen molar-refractivity contribution in [3.8, 4) is 0 Å². The monoisotopic (exact) mass is 215 g/mol. The second-order valence-electron chi connectivity index (χ2n) is 4.58. The van der Waals surface area contributed by atoms with Crippen molar-refractivity contribution >= 4 is 11.8 Å². The summed E-state index contributed by atoms with van der Waals surface area (Å²) < 4.78 is 0. The van der Waals surface area contributed by atoms with Gasteiger partial charge in [-0.05, 0) is 27.8 Å². The van der Waals surface area contributed by atoms with Gasteiger partial charge in [-0.2, -0.15) is 0 Å². The molecule has 0 aromatic rings. The van der Waals surface area contributed by atoms with E-state index in [1.54, 1.807) is 14.1 Å². The molecule has 0 aromatic heterocycles. The standard InChI is InChI=1S/C10H21N3O2/c1-10(2,3)12-8(14)7-13(5)9(15)6-11-4/h11H,6-7H2,1-5H3,(H,12,14). The molecular formula is C10H21N3O2. The second-order valence-corrected chi connectivity index (χ2v) is 4.58. The van der Waals surface area contributed by atoms with Crippen LogP contribution in [0.3, 0.4) is 0 Å². The van der Waals surface area contributed by atoms with Gasteiger partial charge in [0.1, 0.15) is 0 Å². The lowest BCUT2D eigenvalue weighted by Gasteiger charge is -2.23. The zero-order valence-electron chi connectivity index (χ0n) is 10.2. The Morgan fingerprint density at radius 3 is 2.20 bits per heavy atom. The van der Waals surface area contributed by atoms with Gasteiger partial charge in [0.05, 0.1) is 13.1 Å². The number of amides is 2. The van der Waals surface area contributed by atoms with Crippen LogP contribution in [0.2, 0.25) is 0 Å². The molecule has 5 nitrogen and oxygen atoms in total. The SMILES string of the molecule is CNCC(=O)N(C)CC(=O)NC(C)(C)C. The van der Waals surface area contributed by atoms with Gasteiger partial charge >= 0.3 is 0 Å². The number of likely N-dealkylation sites (N-methyl/N-ethyl adjacent to an activating group) is 2. The average molecular weight is 215 g/mol. The smallest absolute Gasteiger partial charge is 0.240 e. The van der Waals surface area contributed by atoms with Crippen LogP contribution in [0.4, 0.5) is 0 Å². The van der Waals surface area contributed by atoms with Crippen molar-refractivity contribution in [2.75, 3.05) is 27.2 Å². The molecule has 0 bridgehead atoms. The number of hydrogen-bond donors (Lipinski definition) is 2. The normalized spacial score (nSPS) is 11.0. The Morgan fingerprint density at radius 2 is 1.80 bits per heavy atom. The van der Waals surface area contributed by atoms with Gasteiger partial charge in [-0.25, -0.2) is 0 Å². The number of hydrogen-bond acceptors (Lipinski definition) is 3. The van der Waals surface area contributed by atoms with Crippen molar-refractivity contribution < 1.29 is 9.59 Å². The maximum atomic E-state index is 11.5. The average Bonchev–Trinajstić information content (AvgIpc) is 2.00. The Bertz CT molecular complexity index is 233. The van der Waals surface area contributed by atoms with Crippen LogP contribution < -0.4 is 10.6 Å². The zero-order valence-corrected chi connectivity index (χ0v) is 10.2. The van der Waals surface area contributed by atoms with Crippen molar-refractivity contribution in [2.24, 2.45) is 0 Å². The molecule has 88 valence electrons. The number of carbonyl (C=O) groups excluding carboxylic acids is 2. The van der Waals surface area contributed by atoms with E-state index >= 15 is 0 Å². The molecule has 0 aromatic carbocycles. The fraction of sp³-hybridized carbons (Fsp3) is 0.800. The number of carbonyl (C=O) groups is 2. The molecule has 2 amide bonds. The van der Waals surface area contributed by atoms with Crippen LogP contribution in [-0.4, -0.2) is 49.4 Å². The number of nitrogens with zero attached hydrogens (tertiary/aromatic N) is 1. The van der Waals surface area contributed by atoms with Crippen LogP contribution in [0.1, 0.15) is 20.8 Å². The summed E-state index contributed by atoms with van der Waals surface area (Å²) in [6, 6.07) is 0. The molecule has 0 aliphatic carbocycles. The first-order valence-electron chi connectivity index (χ1n) is 4.96. The lowest BCUT2D eigenvalue weighted by molar-refractivity contribution is -0.134. The summed E-state index contributed by atoms with van der Waals surface area (Å²) in [4.78, 5) is 24.2. The fourth-order valence-electron chi connectivity index (χ4n) is 1.05. The van der Waals surface area contributed by atoms with E-state index in [2.05, 4.69) is 10.6 Å². The molecule has 0 aliphatic rings. The molecule has 0 fully saturated rings. The van der Waals surface area contributed by atoms with Gasteiger partial charge in [-0.1, -0.05) is 0 Å². The van der Waals surface area contributed by atoms with Gasteiger partial charge in [-0.15, -0.1) is 0 Å². The third-order valence-corrected chi connectivity index (χ3v) is 1.65. The van der Waals surface area contributed by atoms with Crippen LogP contribution in [0.5, 0.6) is 0 Å². The molecule has 0 spiro atoms. The molecule has 0 saturated carbocycles. The zero-order chi connectivity index (χ0) is 12.1. The molecule has 15 heavy (non-hydrogen) atoms. The predicted octanol–water partition coefficient (Wildman–Crippen LogP) is -0.421. The highest BCUT2D eigenvalue weighted by molar-refractivity contribution is 5.85. The van der Waals surface area contributed by atoms with Gasteiger partial charge in [-0.3, -0.25) is 9.59 Å². The Morgan fingerprint density at radius 1 is 1.27 bits per heavy atom. The van der Waals surface area contributed by atoms with Crippen molar-refractivity contribution in [3.05, 3.63) is 0 Å².